The van der Waals surface area contributed by atoms with Crippen LogP contribution in [0, 0.1) is 17.5 Å². The van der Waals surface area contributed by atoms with Crippen LogP contribution in [0.3, 0.4) is 0 Å². The Morgan fingerprint density at radius 1 is 0.781 bits per heavy atom. The lowest BCUT2D eigenvalue weighted by Gasteiger charge is -2.29. The third-order valence-corrected chi connectivity index (χ3v) is 6.86. The highest BCUT2D eigenvalue weighted by Gasteiger charge is 2.30. The molecule has 0 radical (unpaired) electrons. The second-order valence-corrected chi connectivity index (χ2v) is 8.71. The van der Waals surface area contributed by atoms with E-state index in [0.29, 0.717) is 29.0 Å². The van der Waals surface area contributed by atoms with Gasteiger partial charge in [-0.05, 0) is 72.4 Å². The predicted molar refractivity (Wildman–Crippen MR) is 117 cm³/mol. The molecule has 0 N–H and O–H groups in total. The van der Waals surface area contributed by atoms with Crippen LogP contribution in [0.5, 0.6) is 5.75 Å². The van der Waals surface area contributed by atoms with Gasteiger partial charge in [0, 0.05) is 11.1 Å². The summed E-state index contributed by atoms with van der Waals surface area (Å²) in [4.78, 5) is 0. The van der Waals surface area contributed by atoms with Crippen LogP contribution in [0.1, 0.15) is 60.3 Å². The van der Waals surface area contributed by atoms with Crippen molar-refractivity contribution in [3.8, 4) is 16.9 Å². The van der Waals surface area contributed by atoms with Crippen LogP contribution in [0.2, 0.25) is 0 Å². The monoisotopic (exact) mass is 438 g/mol. The Labute approximate surface area is 186 Å². The zero-order chi connectivity index (χ0) is 22.2. The van der Waals surface area contributed by atoms with E-state index in [-0.39, 0.29) is 29.3 Å². The van der Waals surface area contributed by atoms with E-state index in [0.717, 1.165) is 31.2 Å². The molecule has 5 rings (SSSR count). The SMILES string of the molecule is COc1ccc(-c2ccc(C3CCC(c4ccc(C5CO5)c(F)c4)CC3)c(F)c2F)cc1. The van der Waals surface area contributed by atoms with Gasteiger partial charge < -0.3 is 9.47 Å². The van der Waals surface area contributed by atoms with E-state index < -0.39 is 11.6 Å². The van der Waals surface area contributed by atoms with E-state index in [9.17, 15) is 8.78 Å². The molecular weight excluding hydrogens is 413 g/mol. The Hall–Kier alpha value is -2.79. The Morgan fingerprint density at radius 2 is 1.44 bits per heavy atom. The second kappa shape index (κ2) is 8.62. The third-order valence-electron chi connectivity index (χ3n) is 6.86. The predicted octanol–water partition coefficient (Wildman–Crippen LogP) is 7.29. The molecule has 2 nitrogen and oxygen atoms in total. The molecular formula is C27H25F3O2. The van der Waals surface area contributed by atoms with Crippen LogP contribution in [-0.4, -0.2) is 13.7 Å². The summed E-state index contributed by atoms with van der Waals surface area (Å²) in [5, 5.41) is 0. The average molecular weight is 438 g/mol. The third kappa shape index (κ3) is 4.02. The molecule has 2 fully saturated rings. The maximum atomic E-state index is 15.0. The van der Waals surface area contributed by atoms with Crippen molar-refractivity contribution in [1.29, 1.82) is 0 Å². The fourth-order valence-corrected chi connectivity index (χ4v) is 4.90. The minimum atomic E-state index is -0.810. The maximum absolute atomic E-state index is 15.0. The fraction of sp³-hybridized carbons (Fsp3) is 0.333. The molecule has 0 amide bonds. The Bertz CT molecular complexity index is 1110. The topological polar surface area (TPSA) is 21.8 Å². The smallest absolute Gasteiger partial charge is 0.166 e. The highest BCUT2D eigenvalue weighted by Crippen LogP contribution is 2.43. The zero-order valence-electron chi connectivity index (χ0n) is 17.9. The number of halogens is 3. The van der Waals surface area contributed by atoms with Crippen LogP contribution in [0.25, 0.3) is 11.1 Å². The summed E-state index contributed by atoms with van der Waals surface area (Å²) in [5.41, 5.74) is 2.90. The molecule has 5 heteroatoms. The first-order valence-electron chi connectivity index (χ1n) is 11.1. The van der Waals surface area contributed by atoms with Gasteiger partial charge in [0.25, 0.3) is 0 Å². The number of ether oxygens (including phenoxy) is 2. The van der Waals surface area contributed by atoms with Crippen molar-refractivity contribution in [2.24, 2.45) is 0 Å². The molecule has 2 aliphatic rings. The maximum Gasteiger partial charge on any atom is 0.166 e. The lowest BCUT2D eigenvalue weighted by atomic mass is 9.75. The molecule has 3 aromatic rings. The molecule has 0 spiro atoms. The molecule has 1 saturated carbocycles. The molecule has 1 aliphatic heterocycles. The van der Waals surface area contributed by atoms with E-state index in [2.05, 4.69) is 0 Å². The molecule has 1 saturated heterocycles. The minimum absolute atomic E-state index is 0.0327. The lowest BCUT2D eigenvalue weighted by Crippen LogP contribution is -2.14. The van der Waals surface area contributed by atoms with Gasteiger partial charge in [-0.1, -0.05) is 36.4 Å². The number of hydrogen-bond donors (Lipinski definition) is 0. The second-order valence-electron chi connectivity index (χ2n) is 8.71. The number of epoxide rings is 1. The number of hydrogen-bond acceptors (Lipinski definition) is 2. The summed E-state index contributed by atoms with van der Waals surface area (Å²) >= 11 is 0. The highest BCUT2D eigenvalue weighted by atomic mass is 19.2. The van der Waals surface area contributed by atoms with Crippen molar-refractivity contribution >= 4 is 0 Å². The van der Waals surface area contributed by atoms with E-state index in [1.54, 1.807) is 49.6 Å². The van der Waals surface area contributed by atoms with Crippen LogP contribution in [0.15, 0.2) is 54.6 Å². The first-order valence-corrected chi connectivity index (χ1v) is 11.1. The van der Waals surface area contributed by atoms with Gasteiger partial charge in [-0.3, -0.25) is 0 Å². The largest absolute Gasteiger partial charge is 0.497 e. The van der Waals surface area contributed by atoms with E-state index in [1.165, 1.54) is 0 Å². The molecule has 1 aliphatic carbocycles. The summed E-state index contributed by atoms with van der Waals surface area (Å²) in [6, 6.07) is 15.7. The van der Waals surface area contributed by atoms with Gasteiger partial charge in [-0.15, -0.1) is 0 Å². The molecule has 3 aromatic carbocycles. The van der Waals surface area contributed by atoms with Crippen molar-refractivity contribution in [1.82, 2.24) is 0 Å². The van der Waals surface area contributed by atoms with E-state index in [1.807, 2.05) is 12.1 Å². The van der Waals surface area contributed by atoms with Gasteiger partial charge in [0.05, 0.1) is 13.7 Å². The van der Waals surface area contributed by atoms with E-state index in [4.69, 9.17) is 9.47 Å². The summed E-state index contributed by atoms with van der Waals surface area (Å²) in [5.74, 6) is -0.917. The molecule has 0 aromatic heterocycles. The van der Waals surface area contributed by atoms with Gasteiger partial charge in [-0.2, -0.15) is 0 Å². The fourth-order valence-electron chi connectivity index (χ4n) is 4.90. The van der Waals surface area contributed by atoms with Gasteiger partial charge in [0.1, 0.15) is 17.7 Å². The van der Waals surface area contributed by atoms with Gasteiger partial charge in [0.2, 0.25) is 0 Å². The van der Waals surface area contributed by atoms with Gasteiger partial charge in [-0.25, -0.2) is 13.2 Å². The van der Waals surface area contributed by atoms with E-state index >= 15 is 4.39 Å². The molecule has 0 bridgehead atoms. The van der Waals surface area contributed by atoms with Gasteiger partial charge in [0.15, 0.2) is 11.6 Å². The first kappa shape index (κ1) is 21.1. The number of rotatable bonds is 5. The molecule has 1 atom stereocenters. The van der Waals surface area contributed by atoms with Crippen molar-refractivity contribution < 1.29 is 22.6 Å². The minimum Gasteiger partial charge on any atom is -0.497 e. The molecule has 32 heavy (non-hydrogen) atoms. The Balaban J connectivity index is 1.30. The van der Waals surface area contributed by atoms with Crippen molar-refractivity contribution in [2.45, 2.75) is 43.6 Å². The van der Waals surface area contributed by atoms with Crippen molar-refractivity contribution in [3.05, 3.63) is 88.7 Å². The summed E-state index contributed by atoms with van der Waals surface area (Å²) in [6.07, 6.45) is 3.05. The molecule has 166 valence electrons. The number of methoxy groups -OCH3 is 1. The molecule has 1 heterocycles. The van der Waals surface area contributed by atoms with Crippen molar-refractivity contribution in [3.63, 3.8) is 0 Å². The summed E-state index contributed by atoms with van der Waals surface area (Å²) < 4.78 is 54.6. The first-order chi connectivity index (χ1) is 15.5. The molecule has 1 unspecified atom stereocenters. The zero-order valence-corrected chi connectivity index (χ0v) is 17.9. The van der Waals surface area contributed by atoms with Crippen LogP contribution in [0.4, 0.5) is 13.2 Å². The van der Waals surface area contributed by atoms with Crippen LogP contribution in [-0.2, 0) is 4.74 Å². The van der Waals surface area contributed by atoms with Crippen LogP contribution < -0.4 is 4.74 Å². The van der Waals surface area contributed by atoms with Crippen molar-refractivity contribution in [2.75, 3.05) is 13.7 Å². The summed E-state index contributed by atoms with van der Waals surface area (Å²) in [6.45, 7) is 0.584. The Kier molecular flexibility index (Phi) is 5.68. The standard InChI is InChI=1S/C27H25F3O2/c1-31-20-9-6-18(7-10-20)22-13-12-21(26(29)27(22)30)17-4-2-16(3-5-17)19-8-11-23(24(28)14-19)25-15-32-25/h6-14,16-17,25H,2-5,15H2,1H3. The lowest BCUT2D eigenvalue weighted by molar-refractivity contribution is 0.380. The number of benzene rings is 3. The normalized spacial score (nSPS) is 22.6. The van der Waals surface area contributed by atoms with Gasteiger partial charge >= 0.3 is 0 Å². The average Bonchev–Trinajstić information content (AvgIpc) is 3.66. The highest BCUT2D eigenvalue weighted by molar-refractivity contribution is 5.65. The van der Waals surface area contributed by atoms with Crippen LogP contribution >= 0.6 is 0 Å². The summed E-state index contributed by atoms with van der Waals surface area (Å²) in [7, 11) is 1.56. The Morgan fingerprint density at radius 3 is 2.06 bits per heavy atom. The quantitative estimate of drug-likeness (QED) is 0.390.